The molecule has 1 aromatic carbocycles. The molecule has 0 bridgehead atoms. The van der Waals surface area contributed by atoms with E-state index in [2.05, 4.69) is 21.0 Å². The van der Waals surface area contributed by atoms with Crippen molar-refractivity contribution in [3.63, 3.8) is 0 Å². The Hall–Kier alpha value is -1.62. The van der Waals surface area contributed by atoms with Crippen molar-refractivity contribution < 1.29 is 9.90 Å². The van der Waals surface area contributed by atoms with E-state index in [0.717, 1.165) is 16.9 Å². The Balaban J connectivity index is 2.50. The second-order valence-corrected chi connectivity index (χ2v) is 4.93. The number of nitrogens with zero attached hydrogens (tertiary/aromatic N) is 2. The fourth-order valence-electron chi connectivity index (χ4n) is 1.81. The second-order valence-electron chi connectivity index (χ2n) is 4.18. The van der Waals surface area contributed by atoms with E-state index in [1.165, 1.54) is 0 Å². The molecule has 18 heavy (non-hydrogen) atoms. The van der Waals surface area contributed by atoms with Gasteiger partial charge in [0.05, 0.1) is 17.8 Å². The molecule has 94 valence electrons. The van der Waals surface area contributed by atoms with Gasteiger partial charge in [-0.2, -0.15) is 5.10 Å². The van der Waals surface area contributed by atoms with Crippen LogP contribution >= 0.6 is 15.9 Å². The first-order valence-electron chi connectivity index (χ1n) is 5.52. The molecule has 0 aliphatic carbocycles. The van der Waals surface area contributed by atoms with Crippen LogP contribution in [0.1, 0.15) is 16.8 Å². The van der Waals surface area contributed by atoms with Gasteiger partial charge in [0.25, 0.3) is 0 Å². The van der Waals surface area contributed by atoms with E-state index in [1.54, 1.807) is 4.68 Å². The van der Waals surface area contributed by atoms with Crippen molar-refractivity contribution in [2.24, 2.45) is 0 Å². The number of carboxylic acid groups (broad SMARTS) is 1. The van der Waals surface area contributed by atoms with Crippen LogP contribution in [0.2, 0.25) is 0 Å². The van der Waals surface area contributed by atoms with Gasteiger partial charge >= 0.3 is 5.97 Å². The summed E-state index contributed by atoms with van der Waals surface area (Å²) in [5, 5.41) is 13.3. The number of carbonyl (C=O) groups is 1. The van der Waals surface area contributed by atoms with Crippen LogP contribution < -0.4 is 0 Å². The van der Waals surface area contributed by atoms with E-state index in [0.29, 0.717) is 10.2 Å². The van der Waals surface area contributed by atoms with Gasteiger partial charge in [0.15, 0.2) is 0 Å². The second kappa shape index (κ2) is 4.94. The molecule has 1 N–H and O–H groups in total. The van der Waals surface area contributed by atoms with Gasteiger partial charge in [-0.15, -0.1) is 0 Å². The van der Waals surface area contributed by atoms with Crippen molar-refractivity contribution in [1.29, 1.82) is 0 Å². The highest BCUT2D eigenvalue weighted by atomic mass is 79.9. The number of rotatable bonds is 3. The molecule has 0 radical (unpaired) electrons. The lowest BCUT2D eigenvalue weighted by Crippen LogP contribution is -2.01. The third-order valence-corrected chi connectivity index (χ3v) is 3.51. The summed E-state index contributed by atoms with van der Waals surface area (Å²) in [6.07, 6.45) is -0.0295. The molecule has 4 nitrogen and oxygen atoms in total. The van der Waals surface area contributed by atoms with Crippen LogP contribution in [0.5, 0.6) is 0 Å². The molecule has 0 aliphatic heterocycles. The van der Waals surface area contributed by atoms with E-state index >= 15 is 0 Å². The van der Waals surface area contributed by atoms with Crippen molar-refractivity contribution >= 4 is 21.9 Å². The number of benzene rings is 1. The predicted octanol–water partition coefficient (Wildman–Crippen LogP) is 2.88. The molecule has 2 rings (SSSR count). The summed E-state index contributed by atoms with van der Waals surface area (Å²) >= 11 is 3.43. The van der Waals surface area contributed by atoms with Crippen LogP contribution in [0.4, 0.5) is 0 Å². The minimum Gasteiger partial charge on any atom is -0.481 e. The van der Waals surface area contributed by atoms with Crippen LogP contribution in [-0.2, 0) is 11.2 Å². The van der Waals surface area contributed by atoms with Crippen LogP contribution in [-0.4, -0.2) is 20.9 Å². The van der Waals surface area contributed by atoms with Crippen LogP contribution in [0.15, 0.2) is 28.9 Å². The molecule has 0 saturated carbocycles. The normalized spacial score (nSPS) is 10.6. The summed E-state index contributed by atoms with van der Waals surface area (Å²) in [4.78, 5) is 10.8. The smallest absolute Gasteiger partial charge is 0.307 e. The maximum absolute atomic E-state index is 10.8. The van der Waals surface area contributed by atoms with Crippen molar-refractivity contribution in [3.05, 3.63) is 45.7 Å². The van der Waals surface area contributed by atoms with Crippen molar-refractivity contribution in [1.82, 2.24) is 9.78 Å². The van der Waals surface area contributed by atoms with E-state index < -0.39 is 5.97 Å². The minimum atomic E-state index is -0.859. The fraction of sp³-hybridized carbons (Fsp3) is 0.231. The van der Waals surface area contributed by atoms with E-state index in [1.807, 2.05) is 38.1 Å². The lowest BCUT2D eigenvalue weighted by molar-refractivity contribution is -0.136. The molecule has 0 saturated heterocycles. The average Bonchev–Trinajstić information content (AvgIpc) is 2.56. The zero-order valence-corrected chi connectivity index (χ0v) is 11.7. The van der Waals surface area contributed by atoms with Crippen LogP contribution in [0.3, 0.4) is 0 Å². The van der Waals surface area contributed by atoms with Crippen molar-refractivity contribution in [2.45, 2.75) is 20.3 Å². The number of aryl methyl sites for hydroxylation is 2. The first kappa shape index (κ1) is 12.8. The van der Waals surface area contributed by atoms with Gasteiger partial charge in [-0.1, -0.05) is 12.1 Å². The molecular weight excluding hydrogens is 296 g/mol. The van der Waals surface area contributed by atoms with Crippen molar-refractivity contribution in [2.75, 3.05) is 0 Å². The summed E-state index contributed by atoms with van der Waals surface area (Å²) in [6.45, 7) is 3.82. The quantitative estimate of drug-likeness (QED) is 0.948. The van der Waals surface area contributed by atoms with E-state index in [9.17, 15) is 4.79 Å². The number of halogens is 1. The topological polar surface area (TPSA) is 55.1 Å². The van der Waals surface area contributed by atoms with Gasteiger partial charge in [0.1, 0.15) is 4.60 Å². The lowest BCUT2D eigenvalue weighted by Gasteiger charge is -2.04. The molecule has 0 spiro atoms. The zero-order valence-electron chi connectivity index (χ0n) is 10.1. The van der Waals surface area contributed by atoms with Gasteiger partial charge < -0.3 is 5.11 Å². The van der Waals surface area contributed by atoms with Crippen molar-refractivity contribution in [3.8, 4) is 5.69 Å². The van der Waals surface area contributed by atoms with Gasteiger partial charge in [0.2, 0.25) is 0 Å². The molecule has 1 heterocycles. The Morgan fingerprint density at radius 1 is 1.44 bits per heavy atom. The monoisotopic (exact) mass is 308 g/mol. The molecule has 5 heteroatoms. The summed E-state index contributed by atoms with van der Waals surface area (Å²) in [7, 11) is 0. The fourth-order valence-corrected chi connectivity index (χ4v) is 2.53. The summed E-state index contributed by atoms with van der Waals surface area (Å²) < 4.78 is 2.42. The molecule has 1 aromatic heterocycles. The number of hydrogen-bond donors (Lipinski definition) is 1. The largest absolute Gasteiger partial charge is 0.481 e. The number of aromatic nitrogens is 2. The third-order valence-electron chi connectivity index (χ3n) is 2.70. The maximum atomic E-state index is 10.8. The van der Waals surface area contributed by atoms with Gasteiger partial charge in [-0.25, -0.2) is 4.68 Å². The average molecular weight is 309 g/mol. The zero-order chi connectivity index (χ0) is 13.3. The maximum Gasteiger partial charge on any atom is 0.307 e. The number of carboxylic acids is 1. The number of hydrogen-bond acceptors (Lipinski definition) is 2. The Morgan fingerprint density at radius 2 is 2.17 bits per heavy atom. The summed E-state index contributed by atoms with van der Waals surface area (Å²) in [5.74, 6) is -0.859. The highest BCUT2D eigenvalue weighted by Crippen LogP contribution is 2.24. The summed E-state index contributed by atoms with van der Waals surface area (Å²) in [6, 6.07) is 7.90. The third kappa shape index (κ3) is 2.46. The van der Waals surface area contributed by atoms with Gasteiger partial charge in [-0.3, -0.25) is 4.79 Å². The lowest BCUT2D eigenvalue weighted by atomic mass is 10.2. The molecule has 0 amide bonds. The highest BCUT2D eigenvalue weighted by molar-refractivity contribution is 9.10. The Labute approximate surface area is 113 Å². The first-order valence-corrected chi connectivity index (χ1v) is 6.31. The molecule has 0 aliphatic rings. The highest BCUT2D eigenvalue weighted by Gasteiger charge is 2.16. The molecule has 2 aromatic rings. The SMILES string of the molecule is Cc1cccc(-n2nc(C)c(CC(=O)O)c2Br)c1. The molecular formula is C13H13BrN2O2. The Bertz CT molecular complexity index is 605. The molecule has 0 unspecified atom stereocenters. The first-order chi connectivity index (χ1) is 8.49. The number of aliphatic carboxylic acids is 1. The Morgan fingerprint density at radius 3 is 2.78 bits per heavy atom. The van der Waals surface area contributed by atoms with E-state index in [4.69, 9.17) is 5.11 Å². The molecule has 0 atom stereocenters. The predicted molar refractivity (Wildman–Crippen MR) is 72.1 cm³/mol. The minimum absolute atomic E-state index is 0.0295. The molecule has 0 fully saturated rings. The van der Waals surface area contributed by atoms with Gasteiger partial charge in [-0.05, 0) is 47.5 Å². The van der Waals surface area contributed by atoms with E-state index in [-0.39, 0.29) is 6.42 Å². The standard InChI is InChI=1S/C13H13BrN2O2/c1-8-4-3-5-10(6-8)16-13(14)11(7-12(17)18)9(2)15-16/h3-6H,7H2,1-2H3,(H,17,18). The van der Waals surface area contributed by atoms with Crippen LogP contribution in [0.25, 0.3) is 5.69 Å². The summed E-state index contributed by atoms with van der Waals surface area (Å²) in [5.41, 5.74) is 3.49. The van der Waals surface area contributed by atoms with Crippen LogP contribution in [0, 0.1) is 13.8 Å². The van der Waals surface area contributed by atoms with Gasteiger partial charge in [0, 0.05) is 5.56 Å². The Kier molecular flexibility index (Phi) is 3.52.